The summed E-state index contributed by atoms with van der Waals surface area (Å²) in [6.07, 6.45) is 4.97. The minimum Gasteiger partial charge on any atom is -0.385 e. The minimum atomic E-state index is -3.41. The van der Waals surface area contributed by atoms with Crippen LogP contribution in [0, 0.1) is 0 Å². The second kappa shape index (κ2) is 7.77. The Morgan fingerprint density at radius 2 is 1.95 bits per heavy atom. The van der Waals surface area contributed by atoms with E-state index in [9.17, 15) is 8.42 Å². The maximum Gasteiger partial charge on any atom is 0.242 e. The fraction of sp³-hybridized carbons (Fsp3) is 0.600. The number of sulfonamides is 1. The Bertz CT molecular complexity index is 542. The third-order valence-corrected chi connectivity index (χ3v) is 5.00. The molecule has 0 heterocycles. The fourth-order valence-corrected chi connectivity index (χ4v) is 3.59. The highest BCUT2D eigenvalue weighted by Gasteiger charge is 2.29. The molecular weight excluding hydrogens is 288 g/mol. The van der Waals surface area contributed by atoms with Gasteiger partial charge in [-0.25, -0.2) is 13.1 Å². The van der Waals surface area contributed by atoms with Crippen LogP contribution in [0.25, 0.3) is 0 Å². The average Bonchev–Trinajstić information content (AvgIpc) is 3.26. The third-order valence-electron chi connectivity index (χ3n) is 3.42. The number of benzene rings is 1. The van der Waals surface area contributed by atoms with Crippen LogP contribution in [-0.2, 0) is 14.8 Å². The van der Waals surface area contributed by atoms with Gasteiger partial charge in [-0.1, -0.05) is 12.1 Å². The molecule has 6 heteroatoms. The lowest BCUT2D eigenvalue weighted by Gasteiger charge is -2.13. The van der Waals surface area contributed by atoms with Gasteiger partial charge in [0.05, 0.1) is 5.69 Å². The molecule has 2 rings (SSSR count). The van der Waals surface area contributed by atoms with Crippen LogP contribution < -0.4 is 10.0 Å². The first-order valence-corrected chi connectivity index (χ1v) is 8.96. The van der Waals surface area contributed by atoms with Crippen molar-refractivity contribution in [1.29, 1.82) is 0 Å². The van der Waals surface area contributed by atoms with Crippen LogP contribution in [0.15, 0.2) is 29.2 Å². The molecular formula is C15H24N2O3S. The molecule has 0 amide bonds. The summed E-state index contributed by atoms with van der Waals surface area (Å²) in [5.74, 6) is 0. The zero-order valence-corrected chi connectivity index (χ0v) is 13.3. The molecule has 1 aromatic carbocycles. The number of hydrogen-bond donors (Lipinski definition) is 2. The van der Waals surface area contributed by atoms with E-state index in [1.54, 1.807) is 19.2 Å². The Kier molecular flexibility index (Phi) is 6.02. The molecule has 0 spiro atoms. The van der Waals surface area contributed by atoms with Crippen LogP contribution in [0.3, 0.4) is 0 Å². The lowest BCUT2D eigenvalue weighted by atomic mass is 10.2. The highest BCUT2D eigenvalue weighted by Crippen LogP contribution is 2.25. The number of rotatable bonds is 10. The van der Waals surface area contributed by atoms with Crippen molar-refractivity contribution in [2.45, 2.75) is 43.0 Å². The van der Waals surface area contributed by atoms with Crippen LogP contribution in [0.5, 0.6) is 0 Å². The summed E-state index contributed by atoms with van der Waals surface area (Å²) < 4.78 is 32.3. The highest BCUT2D eigenvalue weighted by molar-refractivity contribution is 7.89. The summed E-state index contributed by atoms with van der Waals surface area (Å²) in [4.78, 5) is 0.341. The predicted octanol–water partition coefficient (Wildman–Crippen LogP) is 2.36. The maximum absolute atomic E-state index is 12.3. The van der Waals surface area contributed by atoms with Crippen LogP contribution in [0.4, 0.5) is 5.69 Å². The van der Waals surface area contributed by atoms with Gasteiger partial charge < -0.3 is 10.1 Å². The molecule has 0 atom stereocenters. The Morgan fingerprint density at radius 1 is 1.19 bits per heavy atom. The standard InChI is InChI=1S/C15H24N2O3S/c1-20-12-6-2-5-11-16-14-7-3-4-8-15(14)21(18,19)17-13-9-10-13/h3-4,7-8,13,16-17H,2,5-6,9-12H2,1H3. The van der Waals surface area contributed by atoms with Crippen molar-refractivity contribution >= 4 is 15.7 Å². The number of anilines is 1. The zero-order chi connectivity index (χ0) is 15.1. The number of para-hydroxylation sites is 1. The molecule has 0 saturated heterocycles. The largest absolute Gasteiger partial charge is 0.385 e. The van der Waals surface area contributed by atoms with E-state index >= 15 is 0 Å². The number of ether oxygens (including phenoxy) is 1. The topological polar surface area (TPSA) is 67.4 Å². The van der Waals surface area contributed by atoms with E-state index in [-0.39, 0.29) is 6.04 Å². The summed E-state index contributed by atoms with van der Waals surface area (Å²) >= 11 is 0. The molecule has 21 heavy (non-hydrogen) atoms. The van der Waals surface area contributed by atoms with Gasteiger partial charge in [-0.05, 0) is 44.2 Å². The molecule has 1 aliphatic carbocycles. The quantitative estimate of drug-likeness (QED) is 0.651. The Morgan fingerprint density at radius 3 is 2.67 bits per heavy atom. The van der Waals surface area contributed by atoms with Crippen molar-refractivity contribution in [2.24, 2.45) is 0 Å². The molecule has 5 nitrogen and oxygen atoms in total. The van der Waals surface area contributed by atoms with Crippen molar-refractivity contribution < 1.29 is 13.2 Å². The normalized spacial score (nSPS) is 15.1. The molecule has 1 fully saturated rings. The van der Waals surface area contributed by atoms with E-state index in [1.165, 1.54) is 0 Å². The minimum absolute atomic E-state index is 0.122. The van der Waals surface area contributed by atoms with Crippen molar-refractivity contribution in [3.63, 3.8) is 0 Å². The van der Waals surface area contributed by atoms with Gasteiger partial charge in [0, 0.05) is 26.3 Å². The van der Waals surface area contributed by atoms with Crippen LogP contribution in [0.1, 0.15) is 32.1 Å². The molecule has 1 saturated carbocycles. The predicted molar refractivity (Wildman–Crippen MR) is 84.0 cm³/mol. The van der Waals surface area contributed by atoms with Gasteiger partial charge >= 0.3 is 0 Å². The summed E-state index contributed by atoms with van der Waals surface area (Å²) in [5, 5.41) is 3.23. The second-order valence-electron chi connectivity index (χ2n) is 5.37. The summed E-state index contributed by atoms with van der Waals surface area (Å²) in [7, 11) is -1.71. The number of unbranched alkanes of at least 4 members (excludes halogenated alkanes) is 2. The van der Waals surface area contributed by atoms with E-state index in [2.05, 4.69) is 10.0 Å². The summed E-state index contributed by atoms with van der Waals surface area (Å²) in [6, 6.07) is 7.19. The van der Waals surface area contributed by atoms with Crippen molar-refractivity contribution in [1.82, 2.24) is 4.72 Å². The Labute approximate surface area is 127 Å². The molecule has 2 N–H and O–H groups in total. The maximum atomic E-state index is 12.3. The molecule has 0 aliphatic heterocycles. The molecule has 0 unspecified atom stereocenters. The van der Waals surface area contributed by atoms with E-state index in [4.69, 9.17) is 4.74 Å². The first-order valence-electron chi connectivity index (χ1n) is 7.47. The van der Waals surface area contributed by atoms with Crippen LogP contribution in [-0.4, -0.2) is 34.7 Å². The average molecular weight is 312 g/mol. The number of methoxy groups -OCH3 is 1. The molecule has 0 aromatic heterocycles. The van der Waals surface area contributed by atoms with E-state index in [1.807, 2.05) is 12.1 Å². The van der Waals surface area contributed by atoms with Crippen molar-refractivity contribution in [2.75, 3.05) is 25.6 Å². The summed E-state index contributed by atoms with van der Waals surface area (Å²) in [6.45, 7) is 1.54. The first kappa shape index (κ1) is 16.3. The Hall–Kier alpha value is -1.11. The van der Waals surface area contributed by atoms with Gasteiger partial charge in [0.2, 0.25) is 10.0 Å². The third kappa shape index (κ3) is 5.30. The van der Waals surface area contributed by atoms with E-state index < -0.39 is 10.0 Å². The van der Waals surface area contributed by atoms with Crippen molar-refractivity contribution in [3.05, 3.63) is 24.3 Å². The van der Waals surface area contributed by atoms with Crippen LogP contribution >= 0.6 is 0 Å². The van der Waals surface area contributed by atoms with Gasteiger partial charge in [-0.3, -0.25) is 0 Å². The first-order chi connectivity index (χ1) is 10.1. The summed E-state index contributed by atoms with van der Waals surface area (Å²) in [5.41, 5.74) is 0.678. The molecule has 0 radical (unpaired) electrons. The zero-order valence-electron chi connectivity index (χ0n) is 12.5. The number of nitrogens with one attached hydrogen (secondary N) is 2. The van der Waals surface area contributed by atoms with Crippen molar-refractivity contribution in [3.8, 4) is 0 Å². The molecule has 118 valence electrons. The lowest BCUT2D eigenvalue weighted by molar-refractivity contribution is 0.192. The highest BCUT2D eigenvalue weighted by atomic mass is 32.2. The van der Waals surface area contributed by atoms with Gasteiger partial charge in [0.25, 0.3) is 0 Å². The van der Waals surface area contributed by atoms with E-state index in [0.717, 1.165) is 45.3 Å². The van der Waals surface area contributed by atoms with Gasteiger partial charge in [-0.2, -0.15) is 0 Å². The van der Waals surface area contributed by atoms with Gasteiger partial charge in [0.15, 0.2) is 0 Å². The van der Waals surface area contributed by atoms with Crippen LogP contribution in [0.2, 0.25) is 0 Å². The monoisotopic (exact) mass is 312 g/mol. The smallest absolute Gasteiger partial charge is 0.242 e. The fourth-order valence-electron chi connectivity index (χ4n) is 2.10. The SMILES string of the molecule is COCCCCCNc1ccccc1S(=O)(=O)NC1CC1. The molecule has 1 aromatic rings. The molecule has 1 aliphatic rings. The van der Waals surface area contributed by atoms with Gasteiger partial charge in [0.1, 0.15) is 4.90 Å². The lowest BCUT2D eigenvalue weighted by Crippen LogP contribution is -2.26. The Balaban J connectivity index is 1.90. The van der Waals surface area contributed by atoms with Gasteiger partial charge in [-0.15, -0.1) is 0 Å². The van der Waals surface area contributed by atoms with E-state index in [0.29, 0.717) is 10.6 Å². The molecule has 0 bridgehead atoms. The second-order valence-corrected chi connectivity index (χ2v) is 7.05. The number of hydrogen-bond acceptors (Lipinski definition) is 4.